The molecule has 4 heterocycles. The maximum Gasteiger partial charge on any atom is 0.0620 e. The minimum atomic E-state index is 1.15. The zero-order chi connectivity index (χ0) is 43.7. The third-order valence-corrected chi connectivity index (χ3v) is 14.6. The molecule has 0 atom stereocenters. The lowest BCUT2D eigenvalue weighted by Crippen LogP contribution is -1.95. The van der Waals surface area contributed by atoms with Gasteiger partial charge in [-0.15, -0.1) is 0 Å². The van der Waals surface area contributed by atoms with Crippen LogP contribution in [0.1, 0.15) is 0 Å². The maximum atomic E-state index is 2.44. The van der Waals surface area contributed by atoms with Crippen LogP contribution in [0.15, 0.2) is 237 Å². The zero-order valence-corrected chi connectivity index (χ0v) is 36.4. The molecule has 11 aromatic carbocycles. The standard InChI is InChI=1S/C64H39N3/c1-2-14-48-43(12-1)13-11-23-57(48)66-59-20-8-4-16-50(59)54-37-45(31-35-63(54)66)41-26-24-40(25-27-41)44-30-34-62-53(36-44)49-15-3-7-19-58(49)65(62)47-32-28-42(29-33-47)46-38-55-51-17-5-9-21-60(51)67-61-22-10-6-18-52(61)56(39-46)64(55)67/h1-39H. The van der Waals surface area contributed by atoms with E-state index in [2.05, 4.69) is 250 Å². The summed E-state index contributed by atoms with van der Waals surface area (Å²) >= 11 is 0. The summed E-state index contributed by atoms with van der Waals surface area (Å²) in [6.45, 7) is 0. The van der Waals surface area contributed by atoms with Gasteiger partial charge in [0.15, 0.2) is 0 Å². The number of para-hydroxylation sites is 4. The van der Waals surface area contributed by atoms with Crippen molar-refractivity contribution in [2.75, 3.05) is 0 Å². The Morgan fingerprint density at radius 3 is 1.19 bits per heavy atom. The first-order valence-electron chi connectivity index (χ1n) is 23.2. The normalized spacial score (nSPS) is 12.2. The molecule has 0 radical (unpaired) electrons. The van der Waals surface area contributed by atoms with Crippen molar-refractivity contribution in [3.05, 3.63) is 237 Å². The Labute approximate surface area is 385 Å². The van der Waals surface area contributed by atoms with Crippen LogP contribution in [0.4, 0.5) is 0 Å². The van der Waals surface area contributed by atoms with Gasteiger partial charge in [-0.1, -0.05) is 158 Å². The molecule has 4 aromatic heterocycles. The number of hydrogen-bond acceptors (Lipinski definition) is 0. The van der Waals surface area contributed by atoms with Crippen molar-refractivity contribution in [2.45, 2.75) is 0 Å². The lowest BCUT2D eigenvalue weighted by Gasteiger charge is -2.12. The van der Waals surface area contributed by atoms with E-state index in [0.717, 1.165) is 5.69 Å². The molecule has 0 spiro atoms. The van der Waals surface area contributed by atoms with Gasteiger partial charge in [0.25, 0.3) is 0 Å². The highest BCUT2D eigenvalue weighted by Crippen LogP contribution is 2.43. The van der Waals surface area contributed by atoms with Crippen LogP contribution in [0.25, 0.3) is 137 Å². The molecule has 0 fully saturated rings. The summed E-state index contributed by atoms with van der Waals surface area (Å²) in [7, 11) is 0. The van der Waals surface area contributed by atoms with Crippen molar-refractivity contribution in [1.82, 2.24) is 13.5 Å². The molecule has 0 aliphatic rings. The van der Waals surface area contributed by atoms with Gasteiger partial charge in [-0.05, 0) is 118 Å². The Morgan fingerprint density at radius 2 is 0.612 bits per heavy atom. The Bertz CT molecular complexity index is 4400. The largest absolute Gasteiger partial charge is 0.309 e. The minimum Gasteiger partial charge on any atom is -0.309 e. The molecule has 0 aliphatic heterocycles. The third-order valence-electron chi connectivity index (χ3n) is 14.6. The number of rotatable bonds is 5. The molecular formula is C64H39N3. The van der Waals surface area contributed by atoms with Crippen LogP contribution >= 0.6 is 0 Å². The van der Waals surface area contributed by atoms with E-state index >= 15 is 0 Å². The summed E-state index contributed by atoms with van der Waals surface area (Å²) in [5, 5.41) is 12.7. The average molecular weight is 850 g/mol. The van der Waals surface area contributed by atoms with Crippen LogP contribution in [0.2, 0.25) is 0 Å². The van der Waals surface area contributed by atoms with Gasteiger partial charge in [-0.2, -0.15) is 0 Å². The van der Waals surface area contributed by atoms with E-state index in [1.54, 1.807) is 0 Å². The van der Waals surface area contributed by atoms with E-state index in [-0.39, 0.29) is 0 Å². The van der Waals surface area contributed by atoms with Crippen LogP contribution < -0.4 is 0 Å². The molecule has 0 bridgehead atoms. The maximum absolute atomic E-state index is 2.44. The van der Waals surface area contributed by atoms with Gasteiger partial charge < -0.3 is 13.5 Å². The minimum absolute atomic E-state index is 1.15. The van der Waals surface area contributed by atoms with E-state index in [1.165, 1.54) is 132 Å². The monoisotopic (exact) mass is 849 g/mol. The first-order valence-corrected chi connectivity index (χ1v) is 23.2. The number of fused-ring (bicyclic) bond motifs is 13. The molecule has 0 aliphatic carbocycles. The van der Waals surface area contributed by atoms with Crippen LogP contribution in [-0.4, -0.2) is 13.5 Å². The molecule has 0 N–H and O–H groups in total. The van der Waals surface area contributed by atoms with E-state index in [0.29, 0.717) is 0 Å². The van der Waals surface area contributed by atoms with Crippen LogP contribution in [-0.2, 0) is 0 Å². The molecule has 3 heteroatoms. The summed E-state index contributed by atoms with van der Waals surface area (Å²) in [5.41, 5.74) is 18.3. The second-order valence-corrected chi connectivity index (χ2v) is 18.1. The van der Waals surface area contributed by atoms with Crippen molar-refractivity contribution < 1.29 is 0 Å². The molecule has 0 unspecified atom stereocenters. The van der Waals surface area contributed by atoms with Crippen molar-refractivity contribution in [1.29, 1.82) is 0 Å². The smallest absolute Gasteiger partial charge is 0.0620 e. The average Bonchev–Trinajstić information content (AvgIpc) is 4.12. The predicted molar refractivity (Wildman–Crippen MR) is 284 cm³/mol. The highest BCUT2D eigenvalue weighted by Gasteiger charge is 2.20. The summed E-state index contributed by atoms with van der Waals surface area (Å²) in [6.07, 6.45) is 0. The first kappa shape index (κ1) is 36.4. The summed E-state index contributed by atoms with van der Waals surface area (Å²) in [6, 6.07) is 87.4. The molecule has 15 aromatic rings. The van der Waals surface area contributed by atoms with Gasteiger partial charge in [-0.25, -0.2) is 0 Å². The zero-order valence-electron chi connectivity index (χ0n) is 36.4. The highest BCUT2D eigenvalue weighted by molar-refractivity contribution is 6.24. The Morgan fingerprint density at radius 1 is 0.224 bits per heavy atom. The topological polar surface area (TPSA) is 14.3 Å². The molecule has 0 saturated carbocycles. The van der Waals surface area contributed by atoms with Crippen molar-refractivity contribution >= 4 is 92.5 Å². The van der Waals surface area contributed by atoms with Crippen LogP contribution in [0, 0.1) is 0 Å². The van der Waals surface area contributed by atoms with Gasteiger partial charge in [0, 0.05) is 54.2 Å². The quantitative estimate of drug-likeness (QED) is 0.164. The van der Waals surface area contributed by atoms with Gasteiger partial charge in [0.1, 0.15) is 0 Å². The number of hydrogen-bond donors (Lipinski definition) is 0. The Hall–Kier alpha value is -8.92. The fourth-order valence-corrected chi connectivity index (χ4v) is 11.5. The van der Waals surface area contributed by atoms with E-state index in [1.807, 2.05) is 0 Å². The lowest BCUT2D eigenvalue weighted by atomic mass is 9.98. The van der Waals surface area contributed by atoms with E-state index in [4.69, 9.17) is 0 Å². The highest BCUT2D eigenvalue weighted by atomic mass is 15.0. The third kappa shape index (κ3) is 5.22. The Balaban J connectivity index is 0.786. The summed E-state index contributed by atoms with van der Waals surface area (Å²) < 4.78 is 7.29. The lowest BCUT2D eigenvalue weighted by molar-refractivity contribution is 1.18. The molecule has 310 valence electrons. The molecule has 0 saturated heterocycles. The fourth-order valence-electron chi connectivity index (χ4n) is 11.5. The van der Waals surface area contributed by atoms with E-state index < -0.39 is 0 Å². The first-order chi connectivity index (χ1) is 33.2. The molecule has 0 amide bonds. The molecule has 67 heavy (non-hydrogen) atoms. The predicted octanol–water partition coefficient (Wildman–Crippen LogP) is 17.2. The van der Waals surface area contributed by atoms with Crippen molar-refractivity contribution in [3.8, 4) is 44.8 Å². The second-order valence-electron chi connectivity index (χ2n) is 18.1. The number of nitrogens with zero attached hydrogens (tertiary/aromatic N) is 3. The van der Waals surface area contributed by atoms with Crippen LogP contribution in [0.5, 0.6) is 0 Å². The van der Waals surface area contributed by atoms with Crippen molar-refractivity contribution in [3.63, 3.8) is 0 Å². The number of aromatic nitrogens is 3. The van der Waals surface area contributed by atoms with Crippen molar-refractivity contribution in [2.24, 2.45) is 0 Å². The van der Waals surface area contributed by atoms with Gasteiger partial charge in [0.05, 0.1) is 44.3 Å². The van der Waals surface area contributed by atoms with E-state index in [9.17, 15) is 0 Å². The second kappa shape index (κ2) is 13.8. The molecule has 15 rings (SSSR count). The van der Waals surface area contributed by atoms with Gasteiger partial charge in [0.2, 0.25) is 0 Å². The fraction of sp³-hybridized carbons (Fsp3) is 0. The SMILES string of the molecule is c1ccc2c(-n3c4ccccc4c4cc(-c5ccc(-c6ccc7c(c6)c6ccccc6n7-c6ccc(-c7cc8c9ccccc9n9c%10ccccc%10c(c7)c89)cc6)cc5)ccc43)cccc2c1. The van der Waals surface area contributed by atoms with Gasteiger partial charge >= 0.3 is 0 Å². The van der Waals surface area contributed by atoms with Crippen LogP contribution in [0.3, 0.4) is 0 Å². The summed E-state index contributed by atoms with van der Waals surface area (Å²) in [4.78, 5) is 0. The van der Waals surface area contributed by atoms with Gasteiger partial charge in [-0.3, -0.25) is 0 Å². The molecular weight excluding hydrogens is 811 g/mol. The Kier molecular flexibility index (Phi) is 7.50. The molecule has 3 nitrogen and oxygen atoms in total. The summed E-state index contributed by atoms with van der Waals surface area (Å²) in [5.74, 6) is 0. The number of benzene rings is 11.